The Kier molecular flexibility index (Phi) is 10.8. The van der Waals surface area contributed by atoms with E-state index in [1.54, 1.807) is 24.3 Å². The number of carbonyl (C=O) groups is 1. The van der Waals surface area contributed by atoms with E-state index in [0.29, 0.717) is 51.4 Å². The normalized spacial score (nSPS) is 20.9. The highest BCUT2D eigenvalue weighted by atomic mass is 35.5. The number of ether oxygens (including phenoxy) is 1. The number of nitrogens with one attached hydrogen (secondary N) is 2. The van der Waals surface area contributed by atoms with Gasteiger partial charge in [-0.25, -0.2) is 8.42 Å². The van der Waals surface area contributed by atoms with Gasteiger partial charge in [0, 0.05) is 51.7 Å². The van der Waals surface area contributed by atoms with Gasteiger partial charge in [-0.2, -0.15) is 4.31 Å². The summed E-state index contributed by atoms with van der Waals surface area (Å²) < 4.78 is 33.0. The number of halogens is 2. The molecular weight excluding hydrogens is 439 g/mol. The van der Waals surface area contributed by atoms with Gasteiger partial charge in [-0.1, -0.05) is 18.2 Å². The van der Waals surface area contributed by atoms with Crippen molar-refractivity contribution in [2.24, 2.45) is 0 Å². The summed E-state index contributed by atoms with van der Waals surface area (Å²) in [5.74, 6) is -0.121. The van der Waals surface area contributed by atoms with E-state index in [0.717, 1.165) is 6.54 Å². The molecule has 0 bridgehead atoms. The van der Waals surface area contributed by atoms with Gasteiger partial charge in [-0.3, -0.25) is 4.79 Å². The van der Waals surface area contributed by atoms with E-state index in [2.05, 4.69) is 15.5 Å². The van der Waals surface area contributed by atoms with Gasteiger partial charge < -0.3 is 20.3 Å². The van der Waals surface area contributed by atoms with E-state index in [1.165, 1.54) is 4.31 Å². The second kappa shape index (κ2) is 12.0. The first-order valence-corrected chi connectivity index (χ1v) is 10.8. The highest BCUT2D eigenvalue weighted by Crippen LogP contribution is 2.21. The third-order valence-corrected chi connectivity index (χ3v) is 6.96. The average molecular weight is 469 g/mol. The lowest BCUT2D eigenvalue weighted by Gasteiger charge is -2.32. The van der Waals surface area contributed by atoms with Crippen LogP contribution >= 0.6 is 24.8 Å². The van der Waals surface area contributed by atoms with Crippen molar-refractivity contribution in [1.82, 2.24) is 19.8 Å². The van der Waals surface area contributed by atoms with Crippen molar-refractivity contribution in [3.8, 4) is 0 Å². The summed E-state index contributed by atoms with van der Waals surface area (Å²) in [7, 11) is -1.58. The van der Waals surface area contributed by atoms with Crippen LogP contribution in [0.4, 0.5) is 0 Å². The lowest BCUT2D eigenvalue weighted by Crippen LogP contribution is -2.47. The number of rotatable bonds is 6. The maximum absolute atomic E-state index is 13.0. The quantitative estimate of drug-likeness (QED) is 0.630. The molecule has 0 saturated carbocycles. The monoisotopic (exact) mass is 468 g/mol. The molecule has 2 aliphatic heterocycles. The summed E-state index contributed by atoms with van der Waals surface area (Å²) in [6, 6.07) is 6.89. The molecule has 8 nitrogen and oxygen atoms in total. The molecule has 0 radical (unpaired) electrons. The smallest absolute Gasteiger partial charge is 0.243 e. The number of sulfonamides is 1. The third-order valence-electron chi connectivity index (χ3n) is 4.96. The number of benzene rings is 1. The molecule has 1 amide bonds. The van der Waals surface area contributed by atoms with E-state index in [4.69, 9.17) is 4.74 Å². The Labute approximate surface area is 185 Å². The maximum atomic E-state index is 13.0. The molecule has 2 heterocycles. The maximum Gasteiger partial charge on any atom is 0.243 e. The molecule has 0 spiro atoms. The van der Waals surface area contributed by atoms with Gasteiger partial charge in [0.05, 0.1) is 18.1 Å². The number of hydrogen-bond acceptors (Lipinski definition) is 6. The molecule has 2 saturated heterocycles. The minimum absolute atomic E-state index is 0. The predicted octanol–water partition coefficient (Wildman–Crippen LogP) is 0.461. The standard InChI is InChI=1S/C18H28N4O4S.2ClH/c1-21-7-9-22(10-8-21)27(24,25)17-5-3-2-4-15(17)13-20-18(23)12-16-14-26-11-6-19-16;;/h2-5,16,19H,6-14H2,1H3,(H,20,23);2*1H. The first-order valence-electron chi connectivity index (χ1n) is 9.31. The molecule has 2 fully saturated rings. The SMILES string of the molecule is CN1CCN(S(=O)(=O)c2ccccc2CNC(=O)CC2COCCN2)CC1.Cl.Cl. The average Bonchev–Trinajstić information content (AvgIpc) is 2.68. The topological polar surface area (TPSA) is 91.0 Å². The van der Waals surface area contributed by atoms with Gasteiger partial charge in [0.25, 0.3) is 0 Å². The summed E-state index contributed by atoms with van der Waals surface area (Å²) in [5, 5.41) is 6.08. The second-order valence-corrected chi connectivity index (χ2v) is 8.93. The van der Waals surface area contributed by atoms with E-state index in [1.807, 2.05) is 7.05 Å². The summed E-state index contributed by atoms with van der Waals surface area (Å²) in [5.41, 5.74) is 0.609. The summed E-state index contributed by atoms with van der Waals surface area (Å²) in [4.78, 5) is 14.6. The molecular formula is C18H30Cl2N4O4S. The molecule has 0 aromatic heterocycles. The van der Waals surface area contributed by atoms with Crippen LogP contribution in [0.1, 0.15) is 12.0 Å². The van der Waals surface area contributed by atoms with Crippen molar-refractivity contribution in [3.63, 3.8) is 0 Å². The fourth-order valence-corrected chi connectivity index (χ4v) is 4.95. The molecule has 1 aromatic rings. The zero-order valence-corrected chi connectivity index (χ0v) is 19.0. The second-order valence-electron chi connectivity index (χ2n) is 7.02. The molecule has 2 N–H and O–H groups in total. The first kappa shape index (κ1) is 26.1. The molecule has 0 aliphatic carbocycles. The number of nitrogens with zero attached hydrogens (tertiary/aromatic N) is 2. The third kappa shape index (κ3) is 7.06. The van der Waals surface area contributed by atoms with Crippen LogP contribution in [0.15, 0.2) is 29.2 Å². The van der Waals surface area contributed by atoms with E-state index in [9.17, 15) is 13.2 Å². The molecule has 1 atom stereocenters. The fourth-order valence-electron chi connectivity index (χ4n) is 3.31. The van der Waals surface area contributed by atoms with Crippen LogP contribution in [-0.4, -0.2) is 82.6 Å². The zero-order chi connectivity index (χ0) is 19.3. The summed E-state index contributed by atoms with van der Waals surface area (Å²) in [6.45, 7) is 4.50. The molecule has 3 rings (SSSR count). The van der Waals surface area contributed by atoms with Crippen molar-refractivity contribution in [3.05, 3.63) is 29.8 Å². The van der Waals surface area contributed by atoms with Crippen LogP contribution in [0.2, 0.25) is 0 Å². The zero-order valence-electron chi connectivity index (χ0n) is 16.5. The van der Waals surface area contributed by atoms with Crippen molar-refractivity contribution in [2.75, 3.05) is 53.0 Å². The van der Waals surface area contributed by atoms with E-state index in [-0.39, 0.29) is 48.2 Å². The van der Waals surface area contributed by atoms with Crippen LogP contribution < -0.4 is 10.6 Å². The summed E-state index contributed by atoms with van der Waals surface area (Å²) in [6.07, 6.45) is 0.313. The molecule has 29 heavy (non-hydrogen) atoms. The van der Waals surface area contributed by atoms with Gasteiger partial charge in [0.1, 0.15) is 0 Å². The number of morpholine rings is 1. The lowest BCUT2D eigenvalue weighted by atomic mass is 10.2. The predicted molar refractivity (Wildman–Crippen MR) is 116 cm³/mol. The van der Waals surface area contributed by atoms with Gasteiger partial charge in [-0.15, -0.1) is 24.8 Å². The molecule has 11 heteroatoms. The highest BCUT2D eigenvalue weighted by molar-refractivity contribution is 7.89. The lowest BCUT2D eigenvalue weighted by molar-refractivity contribution is -0.122. The van der Waals surface area contributed by atoms with Gasteiger partial charge in [0.15, 0.2) is 0 Å². The van der Waals surface area contributed by atoms with Crippen LogP contribution in [0.5, 0.6) is 0 Å². The van der Waals surface area contributed by atoms with Gasteiger partial charge in [-0.05, 0) is 18.7 Å². The van der Waals surface area contributed by atoms with E-state index < -0.39 is 10.0 Å². The van der Waals surface area contributed by atoms with Gasteiger partial charge >= 0.3 is 0 Å². The number of hydrogen-bond donors (Lipinski definition) is 2. The number of carbonyl (C=O) groups excluding carboxylic acids is 1. The van der Waals surface area contributed by atoms with Crippen molar-refractivity contribution in [1.29, 1.82) is 0 Å². The highest BCUT2D eigenvalue weighted by Gasteiger charge is 2.29. The van der Waals surface area contributed by atoms with Crippen LogP contribution in [0, 0.1) is 0 Å². The van der Waals surface area contributed by atoms with Crippen molar-refractivity contribution in [2.45, 2.75) is 23.9 Å². The number of amides is 1. The number of piperazine rings is 1. The Balaban J connectivity index is 0.00000210. The van der Waals surface area contributed by atoms with Crippen LogP contribution in [0.25, 0.3) is 0 Å². The first-order chi connectivity index (χ1) is 13.0. The van der Waals surface area contributed by atoms with Crippen LogP contribution in [-0.2, 0) is 26.1 Å². The Hall–Kier alpha value is -0.940. The Morgan fingerprint density at radius 1 is 1.21 bits per heavy atom. The molecule has 1 unspecified atom stereocenters. The van der Waals surface area contributed by atoms with Gasteiger partial charge in [0.2, 0.25) is 15.9 Å². The molecule has 1 aromatic carbocycles. The minimum Gasteiger partial charge on any atom is -0.378 e. The van der Waals surface area contributed by atoms with E-state index >= 15 is 0 Å². The molecule has 166 valence electrons. The van der Waals surface area contributed by atoms with Crippen LogP contribution in [0.3, 0.4) is 0 Å². The minimum atomic E-state index is -3.57. The molecule has 2 aliphatic rings. The Bertz CT molecular complexity index is 752. The largest absolute Gasteiger partial charge is 0.378 e. The van der Waals surface area contributed by atoms with Crippen molar-refractivity contribution < 1.29 is 17.9 Å². The fraction of sp³-hybridized carbons (Fsp3) is 0.611. The Morgan fingerprint density at radius 2 is 1.90 bits per heavy atom. The number of likely N-dealkylation sites (N-methyl/N-ethyl adjacent to an activating group) is 1. The summed E-state index contributed by atoms with van der Waals surface area (Å²) >= 11 is 0. The Morgan fingerprint density at radius 3 is 2.55 bits per heavy atom. The van der Waals surface area contributed by atoms with Crippen molar-refractivity contribution >= 4 is 40.7 Å².